The van der Waals surface area contributed by atoms with Gasteiger partial charge in [0.1, 0.15) is 6.10 Å². The van der Waals surface area contributed by atoms with E-state index in [0.29, 0.717) is 19.6 Å². The Hall–Kier alpha value is -1.69. The predicted octanol–water partition coefficient (Wildman–Crippen LogP) is 5.67. The van der Waals surface area contributed by atoms with Gasteiger partial charge >= 0.3 is 5.97 Å². The summed E-state index contributed by atoms with van der Waals surface area (Å²) in [6.07, 6.45) is 1.43. The number of esters is 1. The third kappa shape index (κ3) is 7.74. The molecule has 174 valence electrons. The molecule has 5 nitrogen and oxygen atoms in total. The second-order valence-electron chi connectivity index (χ2n) is 9.19. The lowest BCUT2D eigenvalue weighted by atomic mass is 9.82. The van der Waals surface area contributed by atoms with Crippen molar-refractivity contribution in [1.29, 1.82) is 0 Å². The Morgan fingerprint density at radius 1 is 1.23 bits per heavy atom. The molecule has 1 heterocycles. The highest BCUT2D eigenvalue weighted by Crippen LogP contribution is 2.38. The number of rotatable bonds is 11. The average molecular weight is 433 g/mol. The van der Waals surface area contributed by atoms with E-state index < -0.39 is 5.79 Å². The minimum absolute atomic E-state index is 0.0101. The van der Waals surface area contributed by atoms with Crippen LogP contribution in [0.15, 0.2) is 42.5 Å². The Morgan fingerprint density at radius 3 is 2.52 bits per heavy atom. The fourth-order valence-electron chi connectivity index (χ4n) is 4.25. The molecular weight excluding hydrogens is 392 g/mol. The van der Waals surface area contributed by atoms with Crippen molar-refractivity contribution >= 4 is 5.97 Å². The summed E-state index contributed by atoms with van der Waals surface area (Å²) < 4.78 is 24.3. The fourth-order valence-corrected chi connectivity index (χ4v) is 4.25. The van der Waals surface area contributed by atoms with Gasteiger partial charge in [-0.25, -0.2) is 0 Å². The van der Waals surface area contributed by atoms with E-state index in [4.69, 9.17) is 18.9 Å². The van der Waals surface area contributed by atoms with Crippen molar-refractivity contribution < 1.29 is 23.7 Å². The second-order valence-corrected chi connectivity index (χ2v) is 9.19. The minimum Gasteiger partial charge on any atom is -0.457 e. The van der Waals surface area contributed by atoms with Crippen molar-refractivity contribution in [3.8, 4) is 0 Å². The van der Waals surface area contributed by atoms with Crippen LogP contribution in [0.2, 0.25) is 0 Å². The Labute approximate surface area is 188 Å². The molecule has 0 bridgehead atoms. The van der Waals surface area contributed by atoms with Crippen LogP contribution < -0.4 is 0 Å². The molecule has 0 N–H and O–H groups in total. The standard InChI is InChI=1S/C26H40O5/c1-8-12-23(27)29-24(18(2)3)20(5)25-19(4)22(30-26(6,7)31-25)15-16-28-17-21-13-10-9-11-14-21/h9-11,13-14,19-20,22,24-25H,2,8,12,15-17H2,1,3-7H3/t19-,20-,22-,24-,25-/m0/s1. The number of carbonyl (C=O) groups excluding carboxylic acids is 1. The molecule has 31 heavy (non-hydrogen) atoms. The van der Waals surface area contributed by atoms with E-state index in [0.717, 1.165) is 24.0 Å². The van der Waals surface area contributed by atoms with Crippen LogP contribution in [-0.4, -0.2) is 36.7 Å². The minimum atomic E-state index is -0.720. The van der Waals surface area contributed by atoms with Crippen molar-refractivity contribution in [3.63, 3.8) is 0 Å². The monoisotopic (exact) mass is 432 g/mol. The van der Waals surface area contributed by atoms with Gasteiger partial charge in [-0.15, -0.1) is 0 Å². The normalized spacial score (nSPS) is 24.9. The third-order valence-corrected chi connectivity index (χ3v) is 5.81. The van der Waals surface area contributed by atoms with Crippen LogP contribution in [0.25, 0.3) is 0 Å². The highest BCUT2D eigenvalue weighted by molar-refractivity contribution is 5.69. The van der Waals surface area contributed by atoms with Crippen molar-refractivity contribution in [2.24, 2.45) is 11.8 Å². The molecule has 2 rings (SSSR count). The second kappa shape index (κ2) is 11.8. The average Bonchev–Trinajstić information content (AvgIpc) is 2.71. The molecule has 1 saturated heterocycles. The Kier molecular flexibility index (Phi) is 9.73. The lowest BCUT2D eigenvalue weighted by Gasteiger charge is -2.48. The number of hydrogen-bond acceptors (Lipinski definition) is 5. The van der Waals surface area contributed by atoms with E-state index in [1.807, 2.05) is 45.9 Å². The van der Waals surface area contributed by atoms with Gasteiger partial charge in [0.15, 0.2) is 5.79 Å². The predicted molar refractivity (Wildman–Crippen MR) is 122 cm³/mol. The summed E-state index contributed by atoms with van der Waals surface area (Å²) in [4.78, 5) is 12.2. The molecule has 0 aliphatic carbocycles. The Morgan fingerprint density at radius 2 is 1.90 bits per heavy atom. The Balaban J connectivity index is 2.01. The van der Waals surface area contributed by atoms with Gasteiger partial charge in [-0.3, -0.25) is 4.79 Å². The van der Waals surface area contributed by atoms with Crippen molar-refractivity contribution in [2.45, 2.75) is 91.5 Å². The first-order chi connectivity index (χ1) is 14.6. The summed E-state index contributed by atoms with van der Waals surface area (Å²) in [6.45, 7) is 17.2. The summed E-state index contributed by atoms with van der Waals surface area (Å²) in [7, 11) is 0. The first kappa shape index (κ1) is 25.6. The largest absolute Gasteiger partial charge is 0.457 e. The first-order valence-corrected chi connectivity index (χ1v) is 11.5. The molecule has 1 aliphatic heterocycles. The van der Waals surface area contributed by atoms with Crippen LogP contribution in [0.1, 0.15) is 66.4 Å². The van der Waals surface area contributed by atoms with Gasteiger partial charge in [-0.1, -0.05) is 57.7 Å². The molecule has 0 radical (unpaired) electrons. The molecule has 0 spiro atoms. The summed E-state index contributed by atoms with van der Waals surface area (Å²) in [5, 5.41) is 0. The van der Waals surface area contributed by atoms with Crippen molar-refractivity contribution in [3.05, 3.63) is 48.0 Å². The van der Waals surface area contributed by atoms with Gasteiger partial charge in [-0.05, 0) is 44.7 Å². The maximum atomic E-state index is 12.2. The van der Waals surface area contributed by atoms with Gasteiger partial charge in [0.05, 0.1) is 18.8 Å². The summed E-state index contributed by atoms with van der Waals surface area (Å²) in [6, 6.07) is 10.2. The van der Waals surface area contributed by atoms with Crippen LogP contribution >= 0.6 is 0 Å². The van der Waals surface area contributed by atoms with Crippen LogP contribution in [-0.2, 0) is 30.3 Å². The molecule has 1 aromatic carbocycles. The lowest BCUT2D eigenvalue weighted by molar-refractivity contribution is -0.331. The van der Waals surface area contributed by atoms with Gasteiger partial charge in [0, 0.05) is 24.9 Å². The highest BCUT2D eigenvalue weighted by Gasteiger charge is 2.45. The molecule has 5 heteroatoms. The summed E-state index contributed by atoms with van der Waals surface area (Å²) >= 11 is 0. The fraction of sp³-hybridized carbons (Fsp3) is 0.654. The zero-order valence-electron chi connectivity index (χ0n) is 20.1. The maximum Gasteiger partial charge on any atom is 0.306 e. The zero-order chi connectivity index (χ0) is 23.0. The smallest absolute Gasteiger partial charge is 0.306 e. The van der Waals surface area contributed by atoms with E-state index in [1.165, 1.54) is 0 Å². The van der Waals surface area contributed by atoms with Crippen LogP contribution in [0, 0.1) is 11.8 Å². The van der Waals surface area contributed by atoms with Crippen molar-refractivity contribution in [2.75, 3.05) is 6.61 Å². The topological polar surface area (TPSA) is 54.0 Å². The molecule has 1 aromatic rings. The van der Waals surface area contributed by atoms with Gasteiger partial charge in [0.25, 0.3) is 0 Å². The van der Waals surface area contributed by atoms with Crippen LogP contribution in [0.4, 0.5) is 0 Å². The molecule has 0 saturated carbocycles. The van der Waals surface area contributed by atoms with Crippen LogP contribution in [0.3, 0.4) is 0 Å². The molecule has 5 atom stereocenters. The first-order valence-electron chi connectivity index (χ1n) is 11.5. The van der Waals surface area contributed by atoms with E-state index in [9.17, 15) is 4.79 Å². The van der Waals surface area contributed by atoms with Crippen LogP contribution in [0.5, 0.6) is 0 Å². The number of hydrogen-bond donors (Lipinski definition) is 0. The molecule has 0 unspecified atom stereocenters. The van der Waals surface area contributed by atoms with E-state index in [2.05, 4.69) is 32.6 Å². The van der Waals surface area contributed by atoms with E-state index in [1.54, 1.807) is 0 Å². The molecule has 1 aliphatic rings. The summed E-state index contributed by atoms with van der Waals surface area (Å²) in [5.41, 5.74) is 1.99. The lowest BCUT2D eigenvalue weighted by Crippen LogP contribution is -2.54. The van der Waals surface area contributed by atoms with Gasteiger partial charge in [-0.2, -0.15) is 0 Å². The summed E-state index contributed by atoms with van der Waals surface area (Å²) in [5.74, 6) is -0.825. The molecular formula is C26H40O5. The number of ether oxygens (including phenoxy) is 4. The van der Waals surface area contributed by atoms with Crippen molar-refractivity contribution in [1.82, 2.24) is 0 Å². The Bertz CT molecular complexity index is 699. The van der Waals surface area contributed by atoms with E-state index >= 15 is 0 Å². The van der Waals surface area contributed by atoms with Gasteiger partial charge < -0.3 is 18.9 Å². The molecule has 1 fully saturated rings. The maximum absolute atomic E-state index is 12.2. The van der Waals surface area contributed by atoms with E-state index in [-0.39, 0.29) is 36.1 Å². The molecule has 0 aromatic heterocycles. The number of carbonyl (C=O) groups is 1. The van der Waals surface area contributed by atoms with Gasteiger partial charge in [0.2, 0.25) is 0 Å². The highest BCUT2D eigenvalue weighted by atomic mass is 16.7. The molecule has 0 amide bonds. The zero-order valence-corrected chi connectivity index (χ0v) is 20.1. The SMILES string of the molecule is C=C(C)[C@H](OC(=O)CCC)[C@H](C)[C@H]1OC(C)(C)O[C@@H](CCOCc2ccccc2)[C@@H]1C. The quantitative estimate of drug-likeness (QED) is 0.256. The number of benzene rings is 1. The third-order valence-electron chi connectivity index (χ3n) is 5.81.